The third kappa shape index (κ3) is 5.01. The Bertz CT molecular complexity index is 546. The number of rotatable bonds is 7. The minimum Gasteiger partial charge on any atom is -0.369 e. The van der Waals surface area contributed by atoms with Gasteiger partial charge in [-0.05, 0) is 50.4 Å². The van der Waals surface area contributed by atoms with Crippen LogP contribution in [-0.4, -0.2) is 46.8 Å². The van der Waals surface area contributed by atoms with Gasteiger partial charge in [0.05, 0.1) is 0 Å². The lowest BCUT2D eigenvalue weighted by Gasteiger charge is -2.35. The quantitative estimate of drug-likeness (QED) is 0.752. The van der Waals surface area contributed by atoms with E-state index >= 15 is 0 Å². The van der Waals surface area contributed by atoms with Gasteiger partial charge in [-0.25, -0.2) is 4.99 Å². The molecule has 2 heterocycles. The molecule has 0 spiro atoms. The summed E-state index contributed by atoms with van der Waals surface area (Å²) in [6, 6.07) is 0. The summed E-state index contributed by atoms with van der Waals surface area (Å²) in [6.45, 7) is 17.8. The van der Waals surface area contributed by atoms with E-state index in [1.165, 1.54) is 0 Å². The van der Waals surface area contributed by atoms with Gasteiger partial charge in [-0.15, -0.1) is 0 Å². The number of piperidine rings is 1. The second kappa shape index (κ2) is 8.45. The van der Waals surface area contributed by atoms with Crippen LogP contribution in [0.4, 0.5) is 0 Å². The smallest absolute Gasteiger partial charge is 0.222 e. The second-order valence-corrected chi connectivity index (χ2v) is 9.16. The van der Waals surface area contributed by atoms with Crippen LogP contribution in [-0.2, 0) is 4.79 Å². The zero-order chi connectivity index (χ0) is 19.5. The van der Waals surface area contributed by atoms with Crippen LogP contribution in [0.2, 0.25) is 0 Å². The van der Waals surface area contributed by atoms with Crippen LogP contribution in [0.5, 0.6) is 0 Å². The molecule has 1 saturated heterocycles. The van der Waals surface area contributed by atoms with Crippen LogP contribution in [0.1, 0.15) is 66.7 Å². The zero-order valence-corrected chi connectivity index (χ0v) is 17.4. The molecule has 0 aromatic heterocycles. The SMILES string of the molecule is C=C1N(CC2CCN(C(=O)CCC(C)C)CC2)C(N)=NC1(C)CC(C)C. The summed E-state index contributed by atoms with van der Waals surface area (Å²) in [5.41, 5.74) is 6.99. The van der Waals surface area contributed by atoms with Crippen molar-refractivity contribution in [1.82, 2.24) is 9.80 Å². The van der Waals surface area contributed by atoms with E-state index in [0.717, 1.165) is 51.0 Å². The van der Waals surface area contributed by atoms with Crippen molar-refractivity contribution in [3.8, 4) is 0 Å². The van der Waals surface area contributed by atoms with Crippen molar-refractivity contribution in [2.75, 3.05) is 19.6 Å². The van der Waals surface area contributed by atoms with E-state index in [4.69, 9.17) is 10.7 Å². The maximum atomic E-state index is 12.3. The predicted octanol–water partition coefficient (Wildman–Crippen LogP) is 3.61. The van der Waals surface area contributed by atoms with Crippen molar-refractivity contribution in [1.29, 1.82) is 0 Å². The number of guanidine groups is 1. The molecule has 5 heteroatoms. The van der Waals surface area contributed by atoms with Gasteiger partial charge in [0.1, 0.15) is 5.54 Å². The number of carbonyl (C=O) groups excluding carboxylic acids is 1. The number of amides is 1. The van der Waals surface area contributed by atoms with E-state index in [-0.39, 0.29) is 5.54 Å². The van der Waals surface area contributed by atoms with E-state index in [0.29, 0.717) is 36.0 Å². The summed E-state index contributed by atoms with van der Waals surface area (Å²) in [7, 11) is 0. The molecule has 1 amide bonds. The van der Waals surface area contributed by atoms with Gasteiger partial charge in [0.25, 0.3) is 0 Å². The third-order valence-electron chi connectivity index (χ3n) is 5.73. The lowest BCUT2D eigenvalue weighted by Crippen LogP contribution is -2.43. The zero-order valence-electron chi connectivity index (χ0n) is 17.4. The lowest BCUT2D eigenvalue weighted by atomic mass is 9.88. The first kappa shape index (κ1) is 20.8. The van der Waals surface area contributed by atoms with Crippen molar-refractivity contribution >= 4 is 11.9 Å². The molecule has 2 aliphatic rings. The Morgan fingerprint density at radius 1 is 1.27 bits per heavy atom. The second-order valence-electron chi connectivity index (χ2n) is 9.16. The van der Waals surface area contributed by atoms with E-state index in [1.54, 1.807) is 0 Å². The van der Waals surface area contributed by atoms with Crippen LogP contribution in [0.15, 0.2) is 17.3 Å². The Morgan fingerprint density at radius 2 is 1.88 bits per heavy atom. The maximum absolute atomic E-state index is 12.3. The number of hydrogen-bond donors (Lipinski definition) is 1. The number of nitrogens with zero attached hydrogens (tertiary/aromatic N) is 3. The highest BCUT2D eigenvalue weighted by Gasteiger charge is 2.39. The Kier molecular flexibility index (Phi) is 6.75. The standard InChI is InChI=1S/C21H38N4O/c1-15(2)7-8-19(26)24-11-9-18(10-12-24)14-25-17(5)21(6,13-16(3)4)23-20(25)22/h15-16,18H,5,7-14H2,1-4,6H3,(H2,22,23). The third-order valence-corrected chi connectivity index (χ3v) is 5.73. The number of likely N-dealkylation sites (tertiary alicyclic amines) is 1. The minimum absolute atomic E-state index is 0.272. The van der Waals surface area contributed by atoms with Gasteiger partial charge in [0.2, 0.25) is 5.91 Å². The molecule has 2 rings (SSSR count). The molecule has 1 unspecified atom stereocenters. The molecule has 2 N–H and O–H groups in total. The molecule has 0 aromatic carbocycles. The number of carbonyl (C=O) groups is 1. The Morgan fingerprint density at radius 3 is 2.42 bits per heavy atom. The fourth-order valence-corrected chi connectivity index (χ4v) is 4.16. The van der Waals surface area contributed by atoms with Crippen molar-refractivity contribution < 1.29 is 4.79 Å². The molecule has 0 aromatic rings. The largest absolute Gasteiger partial charge is 0.369 e. The minimum atomic E-state index is -0.272. The van der Waals surface area contributed by atoms with E-state index in [1.807, 2.05) is 4.90 Å². The van der Waals surface area contributed by atoms with E-state index in [2.05, 4.69) is 46.1 Å². The number of hydrogen-bond acceptors (Lipinski definition) is 4. The van der Waals surface area contributed by atoms with Gasteiger partial charge < -0.3 is 15.5 Å². The van der Waals surface area contributed by atoms with Crippen LogP contribution >= 0.6 is 0 Å². The molecule has 0 saturated carbocycles. The highest BCUT2D eigenvalue weighted by atomic mass is 16.2. The first-order valence-electron chi connectivity index (χ1n) is 10.2. The van der Waals surface area contributed by atoms with Crippen molar-refractivity contribution in [2.24, 2.45) is 28.5 Å². The lowest BCUT2D eigenvalue weighted by molar-refractivity contribution is -0.132. The van der Waals surface area contributed by atoms with Crippen molar-refractivity contribution in [3.05, 3.63) is 12.3 Å². The first-order valence-corrected chi connectivity index (χ1v) is 10.2. The summed E-state index contributed by atoms with van der Waals surface area (Å²) in [4.78, 5) is 21.2. The molecule has 2 aliphatic heterocycles. The van der Waals surface area contributed by atoms with E-state index in [9.17, 15) is 4.79 Å². The number of nitrogens with two attached hydrogens (primary N) is 1. The van der Waals surface area contributed by atoms with Crippen molar-refractivity contribution in [2.45, 2.75) is 72.3 Å². The predicted molar refractivity (Wildman–Crippen MR) is 109 cm³/mol. The van der Waals surface area contributed by atoms with Gasteiger partial charge >= 0.3 is 0 Å². The molecule has 26 heavy (non-hydrogen) atoms. The Labute approximate surface area is 159 Å². The Hall–Kier alpha value is -1.52. The molecular weight excluding hydrogens is 324 g/mol. The topological polar surface area (TPSA) is 61.9 Å². The Balaban J connectivity index is 1.85. The first-order chi connectivity index (χ1) is 12.1. The van der Waals surface area contributed by atoms with Crippen LogP contribution in [0.25, 0.3) is 0 Å². The van der Waals surface area contributed by atoms with Gasteiger partial charge in [-0.1, -0.05) is 34.3 Å². The molecule has 1 atom stereocenters. The molecule has 0 aliphatic carbocycles. The van der Waals surface area contributed by atoms with Crippen LogP contribution in [0, 0.1) is 17.8 Å². The highest BCUT2D eigenvalue weighted by molar-refractivity contribution is 5.84. The normalized spacial score (nSPS) is 24.7. The monoisotopic (exact) mass is 362 g/mol. The molecule has 5 nitrogen and oxygen atoms in total. The van der Waals surface area contributed by atoms with Crippen LogP contribution in [0.3, 0.4) is 0 Å². The van der Waals surface area contributed by atoms with Gasteiger partial charge in [-0.2, -0.15) is 0 Å². The van der Waals surface area contributed by atoms with Gasteiger partial charge in [-0.3, -0.25) is 4.79 Å². The molecule has 0 bridgehead atoms. The van der Waals surface area contributed by atoms with E-state index < -0.39 is 0 Å². The summed E-state index contributed by atoms with van der Waals surface area (Å²) < 4.78 is 0. The number of aliphatic imine (C=N–C) groups is 1. The summed E-state index contributed by atoms with van der Waals surface area (Å²) >= 11 is 0. The molecule has 148 valence electrons. The summed E-state index contributed by atoms with van der Waals surface area (Å²) in [6.07, 6.45) is 4.69. The molecule has 1 fully saturated rings. The molecule has 0 radical (unpaired) electrons. The van der Waals surface area contributed by atoms with Gasteiger partial charge in [0, 0.05) is 31.8 Å². The average Bonchev–Trinajstić information content (AvgIpc) is 2.75. The summed E-state index contributed by atoms with van der Waals surface area (Å²) in [5, 5.41) is 0. The average molecular weight is 363 g/mol. The van der Waals surface area contributed by atoms with Gasteiger partial charge in [0.15, 0.2) is 5.96 Å². The summed E-state index contributed by atoms with van der Waals surface area (Å²) in [5.74, 6) is 2.59. The molecular formula is C21H38N4O. The fraction of sp³-hybridized carbons (Fsp3) is 0.810. The maximum Gasteiger partial charge on any atom is 0.222 e. The highest BCUT2D eigenvalue weighted by Crippen LogP contribution is 2.36. The fourth-order valence-electron chi connectivity index (χ4n) is 4.16. The van der Waals surface area contributed by atoms with Crippen molar-refractivity contribution in [3.63, 3.8) is 0 Å². The van der Waals surface area contributed by atoms with Crippen LogP contribution < -0.4 is 5.73 Å².